The number of esters is 1. The van der Waals surface area contributed by atoms with Crippen LogP contribution in [-0.4, -0.2) is 47.4 Å². The van der Waals surface area contributed by atoms with E-state index in [0.29, 0.717) is 25.9 Å². The average molecular weight is 1380 g/mol. The van der Waals surface area contributed by atoms with Crippen LogP contribution in [0.15, 0.2) is 12.2 Å². The Bertz CT molecular complexity index is 1500. The highest BCUT2D eigenvalue weighted by atomic mass is 16.5. The van der Waals surface area contributed by atoms with Crippen LogP contribution >= 0.6 is 0 Å². The highest BCUT2D eigenvalue weighted by Gasteiger charge is 2.20. The number of allylic oxidation sites excluding steroid dienone is 2. The van der Waals surface area contributed by atoms with Crippen molar-refractivity contribution in [2.45, 2.75) is 553 Å². The van der Waals surface area contributed by atoms with E-state index in [1.807, 2.05) is 0 Å². The first kappa shape index (κ1) is 96.6. The summed E-state index contributed by atoms with van der Waals surface area (Å²) in [6.07, 6.45) is 114. The minimum absolute atomic E-state index is 0.0220. The van der Waals surface area contributed by atoms with Crippen LogP contribution in [-0.2, 0) is 14.3 Å². The van der Waals surface area contributed by atoms with Crippen molar-refractivity contribution in [1.82, 2.24) is 5.32 Å². The van der Waals surface area contributed by atoms with E-state index in [9.17, 15) is 19.8 Å². The fraction of sp³-hybridized carbons (Fsp3) is 0.957. The Morgan fingerprint density at radius 2 is 0.480 bits per heavy atom. The molecule has 584 valence electrons. The summed E-state index contributed by atoms with van der Waals surface area (Å²) in [5.74, 6) is 0.00320. The number of carbonyl (C=O) groups is 2. The summed E-state index contributed by atoms with van der Waals surface area (Å²) in [5.41, 5.74) is 0. The number of hydrogen-bond acceptors (Lipinski definition) is 5. The minimum Gasteiger partial charge on any atom is -0.466 e. The molecule has 0 aliphatic rings. The molecule has 0 saturated heterocycles. The van der Waals surface area contributed by atoms with Crippen LogP contribution in [0.4, 0.5) is 0 Å². The van der Waals surface area contributed by atoms with Crippen LogP contribution in [0.3, 0.4) is 0 Å². The van der Waals surface area contributed by atoms with Crippen LogP contribution < -0.4 is 5.32 Å². The highest BCUT2D eigenvalue weighted by molar-refractivity contribution is 5.76. The SMILES string of the molecule is CCCCCCCC/C=C\CCCCCCCCCCCC(=O)OCCCCCCCCCCCCCCCCCCCCCCCCCCCCCCCCCCCCCCCCCC(=O)NC(CO)C(O)CCCCCCCCCCCCCCCCCCCCCCCCC. The number of carbonyl (C=O) groups excluding carboxylic acids is 2. The molecule has 0 fully saturated rings. The Hall–Kier alpha value is -1.40. The number of rotatable bonds is 88. The van der Waals surface area contributed by atoms with Gasteiger partial charge < -0.3 is 20.3 Å². The van der Waals surface area contributed by atoms with Gasteiger partial charge in [0.1, 0.15) is 0 Å². The predicted molar refractivity (Wildman–Crippen MR) is 435 cm³/mol. The van der Waals surface area contributed by atoms with E-state index in [1.165, 1.54) is 469 Å². The van der Waals surface area contributed by atoms with Gasteiger partial charge in [0.15, 0.2) is 0 Å². The number of amides is 1. The smallest absolute Gasteiger partial charge is 0.305 e. The third kappa shape index (κ3) is 83.5. The van der Waals surface area contributed by atoms with Gasteiger partial charge in [-0.2, -0.15) is 0 Å². The van der Waals surface area contributed by atoms with Crippen LogP contribution in [0.25, 0.3) is 0 Å². The molecular formula is C92H181NO5. The number of aliphatic hydroxyl groups is 2. The Labute approximate surface area is 616 Å². The summed E-state index contributed by atoms with van der Waals surface area (Å²) in [7, 11) is 0. The van der Waals surface area contributed by atoms with E-state index in [0.717, 1.165) is 38.5 Å². The first-order valence-corrected chi connectivity index (χ1v) is 45.9. The molecule has 0 spiro atoms. The fourth-order valence-electron chi connectivity index (χ4n) is 15.1. The maximum atomic E-state index is 12.6. The van der Waals surface area contributed by atoms with Crippen molar-refractivity contribution in [1.29, 1.82) is 0 Å². The molecule has 6 heteroatoms. The van der Waals surface area contributed by atoms with Gasteiger partial charge in [-0.25, -0.2) is 0 Å². The molecule has 6 nitrogen and oxygen atoms in total. The molecule has 0 aromatic rings. The lowest BCUT2D eigenvalue weighted by Crippen LogP contribution is -2.45. The molecule has 0 rings (SSSR count). The third-order valence-corrected chi connectivity index (χ3v) is 22.1. The average Bonchev–Trinajstić information content (AvgIpc) is 1.77. The molecule has 0 aliphatic heterocycles. The van der Waals surface area contributed by atoms with Crippen LogP contribution in [0, 0.1) is 0 Å². The summed E-state index contributed by atoms with van der Waals surface area (Å²) in [6, 6.07) is -0.538. The second kappa shape index (κ2) is 88.0. The molecule has 3 N–H and O–H groups in total. The lowest BCUT2D eigenvalue weighted by atomic mass is 10.0. The van der Waals surface area contributed by atoms with Crippen molar-refractivity contribution in [2.75, 3.05) is 13.2 Å². The molecule has 98 heavy (non-hydrogen) atoms. The first-order valence-electron chi connectivity index (χ1n) is 45.9. The van der Waals surface area contributed by atoms with Gasteiger partial charge in [0, 0.05) is 12.8 Å². The summed E-state index contributed by atoms with van der Waals surface area (Å²) >= 11 is 0. The van der Waals surface area contributed by atoms with Crippen molar-refractivity contribution in [2.24, 2.45) is 0 Å². The predicted octanol–water partition coefficient (Wildman–Crippen LogP) is 31.0. The number of hydrogen-bond donors (Lipinski definition) is 3. The zero-order valence-corrected chi connectivity index (χ0v) is 67.3. The molecule has 0 bridgehead atoms. The molecular weight excluding hydrogens is 1200 g/mol. The largest absolute Gasteiger partial charge is 0.466 e. The van der Waals surface area contributed by atoms with Gasteiger partial charge in [0.2, 0.25) is 5.91 Å². The molecule has 0 radical (unpaired) electrons. The summed E-state index contributed by atoms with van der Waals surface area (Å²) < 4.78 is 5.53. The van der Waals surface area contributed by atoms with Crippen LogP contribution in [0.5, 0.6) is 0 Å². The topological polar surface area (TPSA) is 95.9 Å². The Morgan fingerprint density at radius 3 is 0.724 bits per heavy atom. The monoisotopic (exact) mass is 1380 g/mol. The summed E-state index contributed by atoms with van der Waals surface area (Å²) in [5, 5.41) is 23.5. The van der Waals surface area contributed by atoms with E-state index in [1.54, 1.807) is 0 Å². The lowest BCUT2D eigenvalue weighted by molar-refractivity contribution is -0.143. The van der Waals surface area contributed by atoms with E-state index in [-0.39, 0.29) is 18.5 Å². The summed E-state index contributed by atoms with van der Waals surface area (Å²) in [4.78, 5) is 24.7. The third-order valence-electron chi connectivity index (χ3n) is 22.1. The second-order valence-corrected chi connectivity index (χ2v) is 32.0. The lowest BCUT2D eigenvalue weighted by Gasteiger charge is -2.22. The Balaban J connectivity index is 3.29. The molecule has 1 amide bonds. The number of unbranched alkanes of at least 4 members (excludes halogenated alkanes) is 75. The zero-order chi connectivity index (χ0) is 70.5. The number of aliphatic hydroxyl groups excluding tert-OH is 2. The van der Waals surface area contributed by atoms with Gasteiger partial charge in [0.25, 0.3) is 0 Å². The van der Waals surface area contributed by atoms with Crippen molar-refractivity contribution >= 4 is 11.9 Å². The molecule has 0 saturated carbocycles. The highest BCUT2D eigenvalue weighted by Crippen LogP contribution is 2.22. The van der Waals surface area contributed by atoms with E-state index in [4.69, 9.17) is 4.74 Å². The van der Waals surface area contributed by atoms with E-state index >= 15 is 0 Å². The Kier molecular flexibility index (Phi) is 86.7. The maximum absolute atomic E-state index is 12.6. The van der Waals surface area contributed by atoms with Gasteiger partial charge >= 0.3 is 5.97 Å². The van der Waals surface area contributed by atoms with Crippen LogP contribution in [0.2, 0.25) is 0 Å². The number of nitrogens with one attached hydrogen (secondary N) is 1. The fourth-order valence-corrected chi connectivity index (χ4v) is 15.1. The normalized spacial score (nSPS) is 12.4. The first-order chi connectivity index (χ1) is 48.5. The molecule has 0 aromatic carbocycles. The van der Waals surface area contributed by atoms with Gasteiger partial charge in [-0.3, -0.25) is 9.59 Å². The van der Waals surface area contributed by atoms with Crippen molar-refractivity contribution in [3.05, 3.63) is 12.2 Å². The molecule has 2 unspecified atom stereocenters. The molecule has 0 heterocycles. The zero-order valence-electron chi connectivity index (χ0n) is 67.3. The molecule has 0 aliphatic carbocycles. The van der Waals surface area contributed by atoms with Crippen LogP contribution in [0.1, 0.15) is 540 Å². The van der Waals surface area contributed by atoms with E-state index in [2.05, 4.69) is 31.3 Å². The standard InChI is InChI=1S/C92H181NO5/c1-3-5-7-9-11-13-15-17-19-21-23-24-42-45-49-52-56-60-64-68-72-76-80-84-90(95)89(88-94)93-91(96)85-81-77-73-69-65-61-57-53-50-46-43-40-38-36-34-32-30-28-26-25-27-29-31-33-35-37-39-41-44-47-51-55-59-63-67-71-75-79-83-87-98-92(97)86-82-78-74-70-66-62-58-54-48-22-20-18-16-14-12-10-8-6-4-2/h18,20,89-90,94-95H,3-17,19,21-88H2,1-2H3,(H,93,96)/b20-18-. The molecule has 2 atom stereocenters. The second-order valence-electron chi connectivity index (χ2n) is 32.0. The molecule has 0 aromatic heterocycles. The van der Waals surface area contributed by atoms with E-state index < -0.39 is 12.1 Å². The Morgan fingerprint density at radius 1 is 0.276 bits per heavy atom. The van der Waals surface area contributed by atoms with Gasteiger partial charge in [-0.15, -0.1) is 0 Å². The van der Waals surface area contributed by atoms with Gasteiger partial charge in [-0.05, 0) is 51.4 Å². The maximum Gasteiger partial charge on any atom is 0.305 e. The van der Waals surface area contributed by atoms with Crippen molar-refractivity contribution in [3.8, 4) is 0 Å². The quantitative estimate of drug-likeness (QED) is 0.0320. The van der Waals surface area contributed by atoms with Gasteiger partial charge in [0.05, 0.1) is 25.4 Å². The number of ether oxygens (including phenoxy) is 1. The van der Waals surface area contributed by atoms with Crippen molar-refractivity contribution < 1.29 is 24.5 Å². The minimum atomic E-state index is -0.661. The summed E-state index contributed by atoms with van der Waals surface area (Å²) in [6.45, 7) is 5.02. The van der Waals surface area contributed by atoms with Gasteiger partial charge in [-0.1, -0.05) is 488 Å². The van der Waals surface area contributed by atoms with Crippen molar-refractivity contribution in [3.63, 3.8) is 0 Å².